The van der Waals surface area contributed by atoms with Crippen LogP contribution in [-0.4, -0.2) is 48.8 Å². The van der Waals surface area contributed by atoms with Crippen molar-refractivity contribution in [3.8, 4) is 0 Å². The van der Waals surface area contributed by atoms with E-state index in [1.54, 1.807) is 29.2 Å². The molecule has 0 aliphatic heterocycles. The highest BCUT2D eigenvalue weighted by atomic mass is 32.1. The molecule has 0 saturated carbocycles. The molecule has 0 aliphatic rings. The molecule has 146 valence electrons. The smallest absolute Gasteiger partial charge is 0.260 e. The second kappa shape index (κ2) is 8.20. The van der Waals surface area contributed by atoms with Crippen LogP contribution in [0.5, 0.6) is 0 Å². The number of thiazole rings is 1. The first-order chi connectivity index (χ1) is 13.3. The number of aryl methyl sites for hydroxylation is 2. The lowest BCUT2D eigenvalue weighted by atomic mass is 10.1. The molecule has 2 aromatic carbocycles. The molecule has 1 amide bonds. The molecular weight excluding hydrogens is 370 g/mol. The Bertz CT molecular complexity index is 983. The number of hydrogen-bond acceptors (Lipinski definition) is 5. The van der Waals surface area contributed by atoms with Gasteiger partial charge in [0, 0.05) is 24.2 Å². The van der Waals surface area contributed by atoms with Gasteiger partial charge in [0.25, 0.3) is 5.91 Å². The Morgan fingerprint density at radius 2 is 1.57 bits per heavy atom. The quantitative estimate of drug-likeness (QED) is 0.583. The van der Waals surface area contributed by atoms with Crippen LogP contribution in [-0.2, 0) is 0 Å². The van der Waals surface area contributed by atoms with E-state index in [2.05, 4.69) is 26.0 Å². The predicted octanol–water partition coefficient (Wildman–Crippen LogP) is 4.32. The average Bonchev–Trinajstić information content (AvgIpc) is 3.04. The summed E-state index contributed by atoms with van der Waals surface area (Å²) in [6, 6.07) is 11.0. The van der Waals surface area contributed by atoms with Crippen molar-refractivity contribution in [1.82, 2.24) is 9.88 Å². The summed E-state index contributed by atoms with van der Waals surface area (Å²) in [6.45, 7) is 6.94. The van der Waals surface area contributed by atoms with Crippen molar-refractivity contribution in [3.63, 3.8) is 0 Å². The van der Waals surface area contributed by atoms with Gasteiger partial charge in [-0.15, -0.1) is 0 Å². The third kappa shape index (κ3) is 4.29. The second-order valence-electron chi connectivity index (χ2n) is 7.29. The Morgan fingerprint density at radius 1 is 0.964 bits per heavy atom. The zero-order chi connectivity index (χ0) is 20.4. The highest BCUT2D eigenvalue weighted by Gasteiger charge is 2.22. The summed E-state index contributed by atoms with van der Waals surface area (Å²) in [5.74, 6) is -0.121. The van der Waals surface area contributed by atoms with Crippen molar-refractivity contribution in [3.05, 3.63) is 58.7 Å². The van der Waals surface area contributed by atoms with E-state index in [9.17, 15) is 9.59 Å². The van der Waals surface area contributed by atoms with E-state index in [1.807, 2.05) is 19.0 Å². The summed E-state index contributed by atoms with van der Waals surface area (Å²) in [7, 11) is 3.96. The summed E-state index contributed by atoms with van der Waals surface area (Å²) in [4.78, 5) is 33.3. The number of carbonyl (C=O) groups excluding carboxylic acids is 2. The summed E-state index contributed by atoms with van der Waals surface area (Å²) >= 11 is 1.53. The van der Waals surface area contributed by atoms with Crippen LogP contribution in [0.3, 0.4) is 0 Å². The van der Waals surface area contributed by atoms with Crippen LogP contribution >= 0.6 is 11.3 Å². The largest absolute Gasteiger partial charge is 0.308 e. The van der Waals surface area contributed by atoms with E-state index in [-0.39, 0.29) is 11.7 Å². The summed E-state index contributed by atoms with van der Waals surface area (Å²) in [6.07, 6.45) is 0. The Balaban J connectivity index is 1.98. The van der Waals surface area contributed by atoms with Gasteiger partial charge in [0.1, 0.15) is 0 Å². The Kier molecular flexibility index (Phi) is 5.91. The number of Topliss-reactive ketones (excluding diaryl/α,β-unsaturated/α-hetero) is 1. The van der Waals surface area contributed by atoms with Gasteiger partial charge in [-0.05, 0) is 70.3 Å². The summed E-state index contributed by atoms with van der Waals surface area (Å²) in [5.41, 5.74) is 4.47. The first kappa shape index (κ1) is 20.2. The third-order valence-electron chi connectivity index (χ3n) is 4.78. The Hall–Kier alpha value is -2.57. The highest BCUT2D eigenvalue weighted by Crippen LogP contribution is 2.31. The number of rotatable bonds is 6. The van der Waals surface area contributed by atoms with E-state index in [4.69, 9.17) is 4.98 Å². The standard InChI is InChI=1S/C22H25N3O2S/c1-14-12-19-20(13-15(14)2)28-22(23-19)25(11-10-24(4)5)21(27)18-8-6-17(7-9-18)16(3)26/h6-9,12-13H,10-11H2,1-5H3. The third-order valence-corrected chi connectivity index (χ3v) is 5.82. The Labute approximate surface area is 169 Å². The van der Waals surface area contributed by atoms with Gasteiger partial charge in [-0.1, -0.05) is 23.5 Å². The number of nitrogens with zero attached hydrogens (tertiary/aromatic N) is 3. The van der Waals surface area contributed by atoms with Crippen LogP contribution in [0.15, 0.2) is 36.4 Å². The molecule has 0 fully saturated rings. The fourth-order valence-corrected chi connectivity index (χ4v) is 3.94. The molecule has 28 heavy (non-hydrogen) atoms. The number of hydrogen-bond donors (Lipinski definition) is 0. The highest BCUT2D eigenvalue weighted by molar-refractivity contribution is 7.22. The average molecular weight is 396 g/mol. The number of carbonyl (C=O) groups is 2. The lowest BCUT2D eigenvalue weighted by Gasteiger charge is -2.22. The topological polar surface area (TPSA) is 53.5 Å². The minimum atomic E-state index is -0.107. The van der Waals surface area contributed by atoms with Crippen molar-refractivity contribution in [2.75, 3.05) is 32.1 Å². The van der Waals surface area contributed by atoms with Gasteiger partial charge in [0.05, 0.1) is 10.2 Å². The molecule has 3 rings (SSSR count). The maximum absolute atomic E-state index is 13.2. The molecule has 6 heteroatoms. The number of ketones is 1. The van der Waals surface area contributed by atoms with Crippen molar-refractivity contribution < 1.29 is 9.59 Å². The van der Waals surface area contributed by atoms with Crippen LogP contribution in [0.25, 0.3) is 10.2 Å². The molecule has 0 unspecified atom stereocenters. The van der Waals surface area contributed by atoms with Crippen LogP contribution in [0.4, 0.5) is 5.13 Å². The zero-order valence-corrected chi connectivity index (χ0v) is 17.8. The number of amides is 1. The molecule has 1 heterocycles. The molecule has 5 nitrogen and oxygen atoms in total. The lowest BCUT2D eigenvalue weighted by Crippen LogP contribution is -2.36. The molecule has 1 aromatic heterocycles. The fraction of sp³-hybridized carbons (Fsp3) is 0.318. The van der Waals surface area contributed by atoms with Crippen molar-refractivity contribution in [1.29, 1.82) is 0 Å². The molecule has 0 radical (unpaired) electrons. The van der Waals surface area contributed by atoms with E-state index in [1.165, 1.54) is 29.4 Å². The number of aromatic nitrogens is 1. The van der Waals surface area contributed by atoms with Crippen molar-refractivity contribution >= 4 is 38.4 Å². The number of anilines is 1. The minimum absolute atomic E-state index is 0.0135. The molecule has 0 aliphatic carbocycles. The van der Waals surface area contributed by atoms with Gasteiger partial charge in [0.15, 0.2) is 10.9 Å². The van der Waals surface area contributed by atoms with E-state index >= 15 is 0 Å². The van der Waals surface area contributed by atoms with Gasteiger partial charge in [0.2, 0.25) is 0 Å². The molecule has 0 saturated heterocycles. The van der Waals surface area contributed by atoms with Crippen molar-refractivity contribution in [2.45, 2.75) is 20.8 Å². The lowest BCUT2D eigenvalue weighted by molar-refractivity contribution is 0.0981. The van der Waals surface area contributed by atoms with Gasteiger partial charge < -0.3 is 4.90 Å². The normalized spacial score (nSPS) is 11.2. The number of benzene rings is 2. The molecule has 0 bridgehead atoms. The van der Waals surface area contributed by atoms with Crippen LogP contribution in [0, 0.1) is 13.8 Å². The monoisotopic (exact) mass is 395 g/mol. The predicted molar refractivity (Wildman–Crippen MR) is 116 cm³/mol. The van der Waals surface area contributed by atoms with Crippen LogP contribution in [0.2, 0.25) is 0 Å². The first-order valence-electron chi connectivity index (χ1n) is 9.21. The van der Waals surface area contributed by atoms with Crippen molar-refractivity contribution in [2.24, 2.45) is 0 Å². The zero-order valence-electron chi connectivity index (χ0n) is 16.9. The maximum Gasteiger partial charge on any atom is 0.260 e. The van der Waals surface area contributed by atoms with E-state index < -0.39 is 0 Å². The molecule has 0 atom stereocenters. The summed E-state index contributed by atoms with van der Waals surface area (Å²) in [5, 5.41) is 0.697. The minimum Gasteiger partial charge on any atom is -0.308 e. The summed E-state index contributed by atoms with van der Waals surface area (Å²) < 4.78 is 1.08. The molecule has 0 spiro atoms. The fourth-order valence-electron chi connectivity index (χ4n) is 2.87. The van der Waals surface area contributed by atoms with E-state index in [0.717, 1.165) is 16.8 Å². The number of likely N-dealkylation sites (N-methyl/N-ethyl adjacent to an activating group) is 1. The Morgan fingerprint density at radius 3 is 2.18 bits per heavy atom. The molecule has 0 N–H and O–H groups in total. The van der Waals surface area contributed by atoms with Gasteiger partial charge in [-0.25, -0.2) is 4.98 Å². The van der Waals surface area contributed by atoms with Crippen LogP contribution < -0.4 is 4.90 Å². The van der Waals surface area contributed by atoms with Crippen LogP contribution in [0.1, 0.15) is 38.8 Å². The van der Waals surface area contributed by atoms with Gasteiger partial charge in [-0.2, -0.15) is 0 Å². The maximum atomic E-state index is 13.2. The first-order valence-corrected chi connectivity index (χ1v) is 10.0. The van der Waals surface area contributed by atoms with E-state index in [0.29, 0.717) is 22.8 Å². The van der Waals surface area contributed by atoms with Gasteiger partial charge in [-0.3, -0.25) is 14.5 Å². The second-order valence-corrected chi connectivity index (χ2v) is 8.30. The molecular formula is C22H25N3O2S. The SMILES string of the molecule is CC(=O)c1ccc(C(=O)N(CCN(C)C)c2nc3cc(C)c(C)cc3s2)cc1. The van der Waals surface area contributed by atoms with Gasteiger partial charge >= 0.3 is 0 Å². The number of fused-ring (bicyclic) bond motifs is 1. The molecule has 3 aromatic rings.